The van der Waals surface area contributed by atoms with Crippen LogP contribution in [-0.2, 0) is 6.54 Å². The lowest BCUT2D eigenvalue weighted by atomic mass is 10.2. The number of pyridine rings is 1. The average Bonchev–Trinajstić information content (AvgIpc) is 2.69. The Hall–Kier alpha value is -2.29. The first-order valence-electron chi connectivity index (χ1n) is 8.14. The van der Waals surface area contributed by atoms with Crippen molar-refractivity contribution in [3.63, 3.8) is 0 Å². The number of rotatable bonds is 6. The first-order chi connectivity index (χ1) is 12.8. The van der Waals surface area contributed by atoms with E-state index in [0.717, 1.165) is 32.1 Å². The molecule has 4 rings (SSSR count). The third-order valence-corrected chi connectivity index (χ3v) is 5.73. The maximum atomic E-state index is 8.86. The number of thioether (sulfide) groups is 1. The van der Waals surface area contributed by atoms with Gasteiger partial charge in [-0.1, -0.05) is 17.8 Å². The van der Waals surface area contributed by atoms with Crippen LogP contribution in [0.25, 0.3) is 0 Å². The number of aliphatic hydroxyl groups is 1. The molecule has 0 atom stereocenters. The quantitative estimate of drug-likeness (QED) is 0.434. The highest BCUT2D eigenvalue weighted by Crippen LogP contribution is 2.42. The molecule has 1 aromatic carbocycles. The van der Waals surface area contributed by atoms with Crippen LogP contribution in [0.1, 0.15) is 5.56 Å². The van der Waals surface area contributed by atoms with E-state index in [2.05, 4.69) is 43.8 Å². The Morgan fingerprint density at radius 1 is 1.12 bits per heavy atom. The van der Waals surface area contributed by atoms with Gasteiger partial charge in [0, 0.05) is 29.6 Å². The van der Waals surface area contributed by atoms with Crippen molar-refractivity contribution < 1.29 is 5.11 Å². The molecule has 0 aliphatic carbocycles. The molecule has 6 nitrogen and oxygen atoms in total. The van der Waals surface area contributed by atoms with Crippen molar-refractivity contribution in [3.8, 4) is 0 Å². The molecule has 0 unspecified atom stereocenters. The number of fused-ring (bicyclic) bond motifs is 2. The van der Waals surface area contributed by atoms with Gasteiger partial charge in [0.1, 0.15) is 5.03 Å². The number of aliphatic hydroxyl groups excluding tert-OH is 1. The number of hydrogen-bond acceptors (Lipinski definition) is 8. The number of benzene rings is 1. The second kappa shape index (κ2) is 7.94. The zero-order valence-electron chi connectivity index (χ0n) is 13.8. The molecule has 1 aliphatic heterocycles. The van der Waals surface area contributed by atoms with Crippen LogP contribution in [0.5, 0.6) is 0 Å². The van der Waals surface area contributed by atoms with Gasteiger partial charge < -0.3 is 15.7 Å². The summed E-state index contributed by atoms with van der Waals surface area (Å²) in [6.45, 7) is 0.866. The molecular weight excluding hydrogens is 366 g/mol. The van der Waals surface area contributed by atoms with Crippen LogP contribution in [0.3, 0.4) is 0 Å². The topological polar surface area (TPSA) is 83.0 Å². The van der Waals surface area contributed by atoms with Crippen molar-refractivity contribution in [2.45, 2.75) is 21.5 Å². The summed E-state index contributed by atoms with van der Waals surface area (Å²) in [5, 5.41) is 17.4. The molecule has 3 heterocycles. The van der Waals surface area contributed by atoms with E-state index in [4.69, 9.17) is 5.11 Å². The molecule has 2 aromatic heterocycles. The molecule has 3 aromatic rings. The lowest BCUT2D eigenvalue weighted by molar-refractivity contribution is 0.322. The molecule has 0 radical (unpaired) electrons. The molecule has 3 N–H and O–H groups in total. The minimum atomic E-state index is 0.160. The van der Waals surface area contributed by atoms with Crippen LogP contribution in [0, 0.1) is 0 Å². The Bertz CT molecular complexity index is 904. The van der Waals surface area contributed by atoms with Gasteiger partial charge in [0.25, 0.3) is 0 Å². The Kier molecular flexibility index (Phi) is 5.24. The molecule has 0 fully saturated rings. The van der Waals surface area contributed by atoms with Gasteiger partial charge in [-0.15, -0.1) is 11.8 Å². The van der Waals surface area contributed by atoms with Gasteiger partial charge in [-0.2, -0.15) is 0 Å². The van der Waals surface area contributed by atoms with E-state index >= 15 is 0 Å². The predicted octanol–water partition coefficient (Wildman–Crippen LogP) is 3.78. The Morgan fingerprint density at radius 3 is 2.88 bits per heavy atom. The van der Waals surface area contributed by atoms with E-state index in [1.807, 2.05) is 18.3 Å². The smallest absolute Gasteiger partial charge is 0.163 e. The van der Waals surface area contributed by atoms with Crippen LogP contribution in [0.2, 0.25) is 0 Å². The summed E-state index contributed by atoms with van der Waals surface area (Å²) in [6, 6.07) is 10.3. The van der Waals surface area contributed by atoms with Crippen LogP contribution < -0.4 is 10.6 Å². The lowest BCUT2D eigenvalue weighted by Gasteiger charge is -2.19. The van der Waals surface area contributed by atoms with E-state index in [9.17, 15) is 0 Å². The summed E-state index contributed by atoms with van der Waals surface area (Å²) >= 11 is 3.17. The molecule has 26 heavy (non-hydrogen) atoms. The van der Waals surface area contributed by atoms with Gasteiger partial charge in [-0.25, -0.2) is 15.0 Å². The molecule has 0 spiro atoms. The lowest BCUT2D eigenvalue weighted by Crippen LogP contribution is -2.05. The third kappa shape index (κ3) is 3.92. The normalized spacial score (nSPS) is 12.0. The van der Waals surface area contributed by atoms with Crippen molar-refractivity contribution in [1.29, 1.82) is 0 Å². The highest BCUT2D eigenvalue weighted by atomic mass is 32.2. The fourth-order valence-corrected chi connectivity index (χ4v) is 3.99. The second-order valence-corrected chi connectivity index (χ2v) is 7.72. The molecule has 8 heteroatoms. The monoisotopic (exact) mass is 383 g/mol. The second-order valence-electron chi connectivity index (χ2n) is 5.58. The van der Waals surface area contributed by atoms with Crippen molar-refractivity contribution in [1.82, 2.24) is 15.0 Å². The van der Waals surface area contributed by atoms with E-state index in [0.29, 0.717) is 12.3 Å². The number of aromatic nitrogens is 3. The largest absolute Gasteiger partial charge is 0.396 e. The Morgan fingerprint density at radius 2 is 2.04 bits per heavy atom. The minimum Gasteiger partial charge on any atom is -0.396 e. The fraction of sp³-hybridized carbons (Fsp3) is 0.167. The average molecular weight is 384 g/mol. The van der Waals surface area contributed by atoms with Crippen LogP contribution in [0.4, 0.5) is 17.2 Å². The highest BCUT2D eigenvalue weighted by molar-refractivity contribution is 7.99. The summed E-state index contributed by atoms with van der Waals surface area (Å²) in [5.74, 6) is 1.46. The predicted molar refractivity (Wildman–Crippen MR) is 105 cm³/mol. The van der Waals surface area contributed by atoms with Gasteiger partial charge in [0.05, 0.1) is 29.2 Å². The Balaban J connectivity index is 1.41. The summed E-state index contributed by atoms with van der Waals surface area (Å²) in [4.78, 5) is 14.2. The number of hydrogen-bond donors (Lipinski definition) is 3. The number of nitrogens with zero attached hydrogens (tertiary/aromatic N) is 3. The van der Waals surface area contributed by atoms with Gasteiger partial charge in [0.2, 0.25) is 0 Å². The molecule has 132 valence electrons. The molecule has 0 bridgehead atoms. The first-order valence-corrected chi connectivity index (χ1v) is 9.94. The van der Waals surface area contributed by atoms with E-state index < -0.39 is 0 Å². The summed E-state index contributed by atoms with van der Waals surface area (Å²) in [5.41, 5.74) is 3.19. The zero-order chi connectivity index (χ0) is 17.8. The first kappa shape index (κ1) is 17.1. The fourth-order valence-electron chi connectivity index (χ4n) is 2.52. The summed E-state index contributed by atoms with van der Waals surface area (Å²) < 4.78 is 0. The molecule has 0 saturated heterocycles. The number of nitrogens with one attached hydrogen (secondary N) is 2. The SMILES string of the molecule is OCCSc1ccc(NCc2ccc3c(c2)Nc2nccnc2S3)cn1. The van der Waals surface area contributed by atoms with Gasteiger partial charge in [-0.3, -0.25) is 0 Å². The standard InChI is InChI=1S/C18H17N5OS2/c24-7-8-25-16-4-2-13(11-22-16)21-10-12-1-3-15-14(9-12)23-17-18(26-15)20-6-5-19-17/h1-6,9,11,21,24H,7-8,10H2,(H,19,23). The molecule has 1 aliphatic rings. The maximum absolute atomic E-state index is 8.86. The van der Waals surface area contributed by atoms with Gasteiger partial charge >= 0.3 is 0 Å². The van der Waals surface area contributed by atoms with Crippen molar-refractivity contribution in [3.05, 3.63) is 54.5 Å². The maximum Gasteiger partial charge on any atom is 0.163 e. The third-order valence-electron chi connectivity index (χ3n) is 3.74. The van der Waals surface area contributed by atoms with Gasteiger partial charge in [0.15, 0.2) is 5.82 Å². The van der Waals surface area contributed by atoms with E-state index in [1.54, 1.807) is 35.9 Å². The van der Waals surface area contributed by atoms with Crippen molar-refractivity contribution in [2.24, 2.45) is 0 Å². The van der Waals surface area contributed by atoms with Crippen LogP contribution in [0.15, 0.2) is 63.9 Å². The van der Waals surface area contributed by atoms with Crippen LogP contribution >= 0.6 is 23.5 Å². The summed E-state index contributed by atoms with van der Waals surface area (Å²) in [7, 11) is 0. The molecule has 0 saturated carbocycles. The summed E-state index contributed by atoms with van der Waals surface area (Å²) in [6.07, 6.45) is 5.22. The van der Waals surface area contributed by atoms with Crippen molar-refractivity contribution in [2.75, 3.05) is 23.0 Å². The molecular formula is C18H17N5OS2. The Labute approximate surface area is 159 Å². The highest BCUT2D eigenvalue weighted by Gasteiger charge is 2.17. The van der Waals surface area contributed by atoms with Gasteiger partial charge in [-0.05, 0) is 29.8 Å². The van der Waals surface area contributed by atoms with E-state index in [-0.39, 0.29) is 6.61 Å². The van der Waals surface area contributed by atoms with Crippen molar-refractivity contribution >= 4 is 40.7 Å². The van der Waals surface area contributed by atoms with Crippen LogP contribution in [-0.4, -0.2) is 32.4 Å². The number of anilines is 3. The minimum absolute atomic E-state index is 0.160. The zero-order valence-corrected chi connectivity index (χ0v) is 15.5. The van der Waals surface area contributed by atoms with E-state index in [1.165, 1.54) is 5.56 Å². The molecule has 0 amide bonds.